The number of hydrogen-bond acceptors (Lipinski definition) is 5. The lowest BCUT2D eigenvalue weighted by molar-refractivity contribution is -0.206. The molecule has 5 nitrogen and oxygen atoms in total. The van der Waals surface area contributed by atoms with E-state index in [1.165, 1.54) is 0 Å². The predicted molar refractivity (Wildman–Crippen MR) is 88.3 cm³/mol. The molecule has 1 aromatic carbocycles. The molecule has 2 bridgehead atoms. The van der Waals surface area contributed by atoms with Gasteiger partial charge in [0.05, 0.1) is 17.1 Å². The lowest BCUT2D eigenvalue weighted by atomic mass is 9.48. The van der Waals surface area contributed by atoms with Crippen molar-refractivity contribution >= 4 is 0 Å². The molecule has 24 heavy (non-hydrogen) atoms. The molecule has 3 N–H and O–H groups in total. The number of phenols is 1. The molecule has 1 aromatic rings. The smallest absolute Gasteiger partial charge is 0.165 e. The van der Waals surface area contributed by atoms with Gasteiger partial charge in [-0.15, -0.1) is 6.58 Å². The van der Waals surface area contributed by atoms with Crippen LogP contribution in [0.4, 0.5) is 0 Å². The molecule has 2 heterocycles. The molecule has 5 heteroatoms. The van der Waals surface area contributed by atoms with Gasteiger partial charge >= 0.3 is 0 Å². The summed E-state index contributed by atoms with van der Waals surface area (Å²) in [7, 11) is 0. The van der Waals surface area contributed by atoms with Gasteiger partial charge in [0.25, 0.3) is 0 Å². The SMILES string of the molecule is C=CCN1CC[C@]23c4c5ccc(O)c4O[C@H]2[C@@H](O)CC[C@@]3(O)C1C5. The fourth-order valence-corrected chi connectivity index (χ4v) is 5.99. The van der Waals surface area contributed by atoms with Crippen molar-refractivity contribution in [1.29, 1.82) is 0 Å². The van der Waals surface area contributed by atoms with Gasteiger partial charge < -0.3 is 20.1 Å². The lowest BCUT2D eigenvalue weighted by Gasteiger charge is -2.63. The summed E-state index contributed by atoms with van der Waals surface area (Å²) in [5.74, 6) is 0.589. The molecule has 2 fully saturated rings. The van der Waals surface area contributed by atoms with E-state index in [-0.39, 0.29) is 11.8 Å². The molecule has 1 saturated carbocycles. The van der Waals surface area contributed by atoms with Crippen LogP contribution in [0.25, 0.3) is 0 Å². The van der Waals surface area contributed by atoms with Crippen molar-refractivity contribution in [2.24, 2.45) is 0 Å². The molecule has 4 aliphatic rings. The zero-order valence-electron chi connectivity index (χ0n) is 13.6. The van der Waals surface area contributed by atoms with Crippen molar-refractivity contribution in [3.05, 3.63) is 35.9 Å². The van der Waals surface area contributed by atoms with Gasteiger partial charge in [0, 0.05) is 18.2 Å². The second kappa shape index (κ2) is 4.54. The van der Waals surface area contributed by atoms with Crippen molar-refractivity contribution in [2.75, 3.05) is 13.1 Å². The van der Waals surface area contributed by atoms with Crippen molar-refractivity contribution in [2.45, 2.75) is 54.9 Å². The second-order valence-electron chi connectivity index (χ2n) is 7.74. The maximum Gasteiger partial charge on any atom is 0.165 e. The Morgan fingerprint density at radius 3 is 3.00 bits per heavy atom. The number of nitrogens with zero attached hydrogens (tertiary/aromatic N) is 1. The van der Waals surface area contributed by atoms with Crippen LogP contribution in [0.1, 0.15) is 30.4 Å². The van der Waals surface area contributed by atoms with E-state index >= 15 is 0 Å². The Hall–Kier alpha value is -1.56. The first-order valence-corrected chi connectivity index (χ1v) is 8.80. The van der Waals surface area contributed by atoms with Crippen molar-refractivity contribution in [3.63, 3.8) is 0 Å². The Labute approximate surface area is 141 Å². The second-order valence-corrected chi connectivity index (χ2v) is 7.74. The van der Waals surface area contributed by atoms with E-state index in [2.05, 4.69) is 11.5 Å². The van der Waals surface area contributed by atoms with E-state index < -0.39 is 23.2 Å². The number of piperidine rings is 1. The minimum Gasteiger partial charge on any atom is -0.504 e. The molecule has 0 amide bonds. The third-order valence-electron chi connectivity index (χ3n) is 6.91. The fraction of sp³-hybridized carbons (Fsp3) is 0.579. The summed E-state index contributed by atoms with van der Waals surface area (Å²) in [5.41, 5.74) is 0.518. The molecule has 5 atom stereocenters. The number of rotatable bonds is 2. The minimum absolute atomic E-state index is 0.00848. The molecular weight excluding hydrogens is 306 g/mol. The average molecular weight is 329 g/mol. The summed E-state index contributed by atoms with van der Waals surface area (Å²) < 4.78 is 6.08. The van der Waals surface area contributed by atoms with Gasteiger partial charge in [-0.3, -0.25) is 4.90 Å². The molecular formula is C19H23NO4. The van der Waals surface area contributed by atoms with Gasteiger partial charge in [-0.25, -0.2) is 0 Å². The van der Waals surface area contributed by atoms with Gasteiger partial charge in [0.15, 0.2) is 11.5 Å². The third-order valence-corrected chi connectivity index (χ3v) is 6.91. The number of likely N-dealkylation sites (tertiary alicyclic amines) is 1. The lowest BCUT2D eigenvalue weighted by Crippen LogP contribution is -2.77. The Morgan fingerprint density at radius 2 is 2.21 bits per heavy atom. The molecule has 2 aliphatic carbocycles. The molecule has 1 spiro atoms. The minimum atomic E-state index is -0.940. The Kier molecular flexibility index (Phi) is 2.79. The van der Waals surface area contributed by atoms with Crippen LogP contribution in [-0.4, -0.2) is 57.2 Å². The highest BCUT2D eigenvalue weighted by molar-refractivity contribution is 5.62. The van der Waals surface area contributed by atoms with E-state index in [0.29, 0.717) is 18.6 Å². The van der Waals surface area contributed by atoms with Crippen LogP contribution < -0.4 is 4.74 Å². The van der Waals surface area contributed by atoms with E-state index in [4.69, 9.17) is 4.74 Å². The van der Waals surface area contributed by atoms with Gasteiger partial charge in [-0.1, -0.05) is 12.1 Å². The van der Waals surface area contributed by atoms with E-state index in [1.54, 1.807) is 6.07 Å². The number of hydrogen-bond donors (Lipinski definition) is 3. The average Bonchev–Trinajstić information content (AvgIpc) is 2.91. The molecule has 128 valence electrons. The summed E-state index contributed by atoms with van der Waals surface area (Å²) in [6, 6.07) is 3.62. The summed E-state index contributed by atoms with van der Waals surface area (Å²) in [5, 5.41) is 32.8. The fourth-order valence-electron chi connectivity index (χ4n) is 5.99. The summed E-state index contributed by atoms with van der Waals surface area (Å²) >= 11 is 0. The van der Waals surface area contributed by atoms with E-state index in [9.17, 15) is 15.3 Å². The quantitative estimate of drug-likeness (QED) is 0.709. The molecule has 2 aliphatic heterocycles. The number of aliphatic hydroxyl groups excluding tert-OH is 1. The number of benzene rings is 1. The molecule has 0 aromatic heterocycles. The third kappa shape index (κ3) is 1.43. The van der Waals surface area contributed by atoms with Crippen molar-refractivity contribution in [1.82, 2.24) is 4.90 Å². The van der Waals surface area contributed by atoms with Gasteiger partial charge in [-0.2, -0.15) is 0 Å². The monoisotopic (exact) mass is 329 g/mol. The van der Waals surface area contributed by atoms with Crippen LogP contribution in [0.2, 0.25) is 0 Å². The first-order valence-electron chi connectivity index (χ1n) is 8.80. The number of aromatic hydroxyl groups is 1. The van der Waals surface area contributed by atoms with Crippen molar-refractivity contribution in [3.8, 4) is 11.5 Å². The molecule has 0 radical (unpaired) electrons. The highest BCUT2D eigenvalue weighted by atomic mass is 16.5. The topological polar surface area (TPSA) is 73.2 Å². The first kappa shape index (κ1) is 14.8. The largest absolute Gasteiger partial charge is 0.504 e. The van der Waals surface area contributed by atoms with Gasteiger partial charge in [0.2, 0.25) is 0 Å². The molecule has 1 unspecified atom stereocenters. The molecule has 1 saturated heterocycles. The number of aliphatic hydroxyl groups is 2. The summed E-state index contributed by atoms with van der Waals surface area (Å²) in [4.78, 5) is 2.31. The highest BCUT2D eigenvalue weighted by Gasteiger charge is 2.72. The Balaban J connectivity index is 1.78. The predicted octanol–water partition coefficient (Wildman–Crippen LogP) is 1.09. The van der Waals surface area contributed by atoms with Crippen LogP contribution in [0.3, 0.4) is 0 Å². The first-order chi connectivity index (χ1) is 11.5. The van der Waals surface area contributed by atoms with Crippen LogP contribution in [0, 0.1) is 0 Å². The number of phenolic OH excluding ortho intramolecular Hbond substituents is 1. The van der Waals surface area contributed by atoms with Crippen LogP contribution >= 0.6 is 0 Å². The van der Waals surface area contributed by atoms with Crippen LogP contribution in [0.15, 0.2) is 24.8 Å². The standard InChI is InChI=1S/C19H23NO4/c1-2-8-20-9-7-18-15-11-3-4-12(21)16(15)24-17(18)13(22)5-6-19(18,23)14(20)10-11/h2-4,13-14,17,21-23H,1,5-10H2/t13-,14?,17-,18-,19+/m0/s1. The van der Waals surface area contributed by atoms with Crippen LogP contribution in [-0.2, 0) is 11.8 Å². The maximum absolute atomic E-state index is 11.9. The zero-order chi connectivity index (χ0) is 16.7. The van der Waals surface area contributed by atoms with Crippen molar-refractivity contribution < 1.29 is 20.1 Å². The van der Waals surface area contributed by atoms with E-state index in [1.807, 2.05) is 12.1 Å². The van der Waals surface area contributed by atoms with E-state index in [0.717, 1.165) is 37.1 Å². The maximum atomic E-state index is 11.9. The summed E-state index contributed by atoms with van der Waals surface area (Å²) in [6.45, 7) is 5.44. The van der Waals surface area contributed by atoms with Gasteiger partial charge in [-0.05, 0) is 43.9 Å². The summed E-state index contributed by atoms with van der Waals surface area (Å²) in [6.07, 6.45) is 3.33. The zero-order valence-corrected chi connectivity index (χ0v) is 13.6. The molecule has 5 rings (SSSR count). The Bertz CT molecular complexity index is 734. The van der Waals surface area contributed by atoms with Gasteiger partial charge in [0.1, 0.15) is 6.10 Å². The normalized spacial score (nSPS) is 42.3. The van der Waals surface area contributed by atoms with Crippen LogP contribution in [0.5, 0.6) is 11.5 Å². The highest BCUT2D eigenvalue weighted by Crippen LogP contribution is 2.65. The Morgan fingerprint density at radius 1 is 1.38 bits per heavy atom. The number of ether oxygens (including phenoxy) is 1.